The zero-order valence-electron chi connectivity index (χ0n) is 12.0. The molecule has 2 heterocycles. The summed E-state index contributed by atoms with van der Waals surface area (Å²) in [5, 5.41) is 12.7. The Labute approximate surface area is 128 Å². The number of nitrogens with two attached hydrogens (primary N) is 1. The van der Waals surface area contributed by atoms with Crippen LogP contribution in [-0.2, 0) is 14.6 Å². The van der Waals surface area contributed by atoms with E-state index >= 15 is 0 Å². The first-order valence-electron chi connectivity index (χ1n) is 6.81. The number of hydrogen-bond donors (Lipinski definition) is 2. The molecule has 2 atom stereocenters. The molecule has 2 rings (SSSR count). The Morgan fingerprint density at radius 3 is 2.81 bits per heavy atom. The predicted octanol–water partition coefficient (Wildman–Crippen LogP) is 1.83. The third-order valence-corrected chi connectivity index (χ3v) is 6.75. The fraction of sp³-hybridized carbons (Fsp3) is 0.615. The van der Waals surface area contributed by atoms with Crippen molar-refractivity contribution >= 4 is 31.9 Å². The van der Waals surface area contributed by atoms with Crippen molar-refractivity contribution in [3.63, 3.8) is 0 Å². The van der Waals surface area contributed by atoms with Crippen LogP contribution in [0.1, 0.15) is 25.1 Å². The maximum absolute atomic E-state index is 12.2. The minimum atomic E-state index is -3.47. The Hall–Kier alpha value is -1.30. The number of nitrogens with one attached hydrogen (secondary N) is 1. The number of sulfone groups is 1. The standard InChI is InChI=1S/C13H19N3O3S2/c1-3-21(17,18)12-11(15)10(6-14)20-13(12)16-7-9-4-5-19-8(9)2/h8-9,16H,3-5,7,15H2,1-2H3. The van der Waals surface area contributed by atoms with Crippen LogP contribution in [-0.4, -0.2) is 33.4 Å². The first kappa shape index (κ1) is 16.1. The van der Waals surface area contributed by atoms with Crippen molar-refractivity contribution < 1.29 is 13.2 Å². The van der Waals surface area contributed by atoms with Crippen LogP contribution < -0.4 is 11.1 Å². The van der Waals surface area contributed by atoms with E-state index in [2.05, 4.69) is 5.32 Å². The van der Waals surface area contributed by atoms with Crippen molar-refractivity contribution in [1.29, 1.82) is 5.26 Å². The molecular weight excluding hydrogens is 310 g/mol. The second kappa shape index (κ2) is 6.22. The van der Waals surface area contributed by atoms with Crippen molar-refractivity contribution in [2.75, 3.05) is 30.0 Å². The van der Waals surface area contributed by atoms with Crippen LogP contribution in [0.2, 0.25) is 0 Å². The molecule has 1 saturated heterocycles. The highest BCUT2D eigenvalue weighted by Gasteiger charge is 2.28. The molecule has 116 valence electrons. The molecule has 1 aromatic rings. The average Bonchev–Trinajstić information content (AvgIpc) is 3.00. The number of thiophene rings is 1. The molecule has 21 heavy (non-hydrogen) atoms. The van der Waals surface area contributed by atoms with Crippen molar-refractivity contribution in [3.8, 4) is 6.07 Å². The van der Waals surface area contributed by atoms with Crippen LogP contribution in [0.5, 0.6) is 0 Å². The molecule has 0 amide bonds. The average molecular weight is 329 g/mol. The quantitative estimate of drug-likeness (QED) is 0.854. The Balaban J connectivity index is 2.28. The summed E-state index contributed by atoms with van der Waals surface area (Å²) in [5.74, 6) is 0.284. The van der Waals surface area contributed by atoms with Gasteiger partial charge in [-0.3, -0.25) is 0 Å². The first-order chi connectivity index (χ1) is 9.90. The smallest absolute Gasteiger partial charge is 0.183 e. The van der Waals surface area contributed by atoms with Gasteiger partial charge >= 0.3 is 0 Å². The van der Waals surface area contributed by atoms with Gasteiger partial charge in [-0.15, -0.1) is 11.3 Å². The monoisotopic (exact) mass is 329 g/mol. The van der Waals surface area contributed by atoms with Gasteiger partial charge in [0, 0.05) is 19.1 Å². The molecule has 2 unspecified atom stereocenters. The SMILES string of the molecule is CCS(=O)(=O)c1c(NCC2CCOC2C)sc(C#N)c1N. The molecule has 1 aromatic heterocycles. The number of nitrogen functional groups attached to an aromatic ring is 1. The molecule has 8 heteroatoms. The van der Waals surface area contributed by atoms with Gasteiger partial charge < -0.3 is 15.8 Å². The number of anilines is 2. The van der Waals surface area contributed by atoms with Crippen LogP contribution in [0.15, 0.2) is 4.90 Å². The molecule has 0 saturated carbocycles. The Bertz CT molecular complexity index is 661. The molecule has 1 aliphatic heterocycles. The van der Waals surface area contributed by atoms with Gasteiger partial charge in [0.15, 0.2) is 9.84 Å². The maximum atomic E-state index is 12.2. The minimum Gasteiger partial charge on any atom is -0.396 e. The van der Waals surface area contributed by atoms with Gasteiger partial charge in [-0.2, -0.15) is 5.26 Å². The maximum Gasteiger partial charge on any atom is 0.183 e. The highest BCUT2D eigenvalue weighted by molar-refractivity contribution is 7.91. The van der Waals surface area contributed by atoms with Gasteiger partial charge in [0.25, 0.3) is 0 Å². The summed E-state index contributed by atoms with van der Waals surface area (Å²) in [6.45, 7) is 4.91. The van der Waals surface area contributed by atoms with E-state index in [4.69, 9.17) is 15.7 Å². The van der Waals surface area contributed by atoms with E-state index in [9.17, 15) is 8.42 Å². The first-order valence-corrected chi connectivity index (χ1v) is 9.28. The molecule has 0 spiro atoms. The highest BCUT2D eigenvalue weighted by atomic mass is 32.2. The van der Waals surface area contributed by atoms with Gasteiger partial charge in [-0.05, 0) is 13.3 Å². The molecule has 1 fully saturated rings. The highest BCUT2D eigenvalue weighted by Crippen LogP contribution is 2.39. The second-order valence-corrected chi connectivity index (χ2v) is 8.26. The largest absolute Gasteiger partial charge is 0.396 e. The van der Waals surface area contributed by atoms with Gasteiger partial charge in [0.2, 0.25) is 0 Å². The van der Waals surface area contributed by atoms with Crippen molar-refractivity contribution in [2.24, 2.45) is 5.92 Å². The lowest BCUT2D eigenvalue weighted by molar-refractivity contribution is 0.108. The Morgan fingerprint density at radius 1 is 1.57 bits per heavy atom. The van der Waals surface area contributed by atoms with Crippen LogP contribution in [0.3, 0.4) is 0 Å². The lowest BCUT2D eigenvalue weighted by atomic mass is 10.0. The molecule has 0 radical (unpaired) electrons. The lowest BCUT2D eigenvalue weighted by Gasteiger charge is -2.15. The third-order valence-electron chi connectivity index (χ3n) is 3.75. The lowest BCUT2D eigenvalue weighted by Crippen LogP contribution is -2.21. The molecule has 3 N–H and O–H groups in total. The van der Waals surface area contributed by atoms with E-state index < -0.39 is 9.84 Å². The fourth-order valence-corrected chi connectivity index (χ4v) is 4.82. The predicted molar refractivity (Wildman–Crippen MR) is 83.2 cm³/mol. The van der Waals surface area contributed by atoms with Gasteiger partial charge in [-0.1, -0.05) is 6.92 Å². The van der Waals surface area contributed by atoms with Gasteiger partial charge in [-0.25, -0.2) is 8.42 Å². The summed E-state index contributed by atoms with van der Waals surface area (Å²) in [6, 6.07) is 1.95. The number of ether oxygens (including phenoxy) is 1. The number of rotatable bonds is 5. The van der Waals surface area contributed by atoms with Crippen molar-refractivity contribution in [1.82, 2.24) is 0 Å². The molecular formula is C13H19N3O3S2. The fourth-order valence-electron chi connectivity index (χ4n) is 2.35. The van der Waals surface area contributed by atoms with E-state index in [0.717, 1.165) is 24.4 Å². The van der Waals surface area contributed by atoms with Crippen LogP contribution in [0.25, 0.3) is 0 Å². The van der Waals surface area contributed by atoms with Gasteiger partial charge in [0.05, 0.1) is 17.5 Å². The van der Waals surface area contributed by atoms with Gasteiger partial charge in [0.1, 0.15) is 20.8 Å². The van der Waals surface area contributed by atoms with E-state index in [1.807, 2.05) is 13.0 Å². The summed E-state index contributed by atoms with van der Waals surface area (Å²) in [7, 11) is -3.47. The summed E-state index contributed by atoms with van der Waals surface area (Å²) in [6.07, 6.45) is 1.09. The molecule has 0 aliphatic carbocycles. The molecule has 1 aliphatic rings. The Morgan fingerprint density at radius 2 is 2.29 bits per heavy atom. The zero-order valence-corrected chi connectivity index (χ0v) is 13.7. The van der Waals surface area contributed by atoms with Crippen molar-refractivity contribution in [2.45, 2.75) is 31.3 Å². The summed E-state index contributed by atoms with van der Waals surface area (Å²) in [5.41, 5.74) is 5.89. The van der Waals surface area contributed by atoms with E-state index in [0.29, 0.717) is 17.5 Å². The summed E-state index contributed by atoms with van der Waals surface area (Å²) in [4.78, 5) is 0.304. The number of nitrogens with zero attached hydrogens (tertiary/aromatic N) is 1. The Kier molecular flexibility index (Phi) is 4.76. The topological polar surface area (TPSA) is 105 Å². The van der Waals surface area contributed by atoms with Crippen molar-refractivity contribution in [3.05, 3.63) is 4.88 Å². The van der Waals surface area contributed by atoms with Crippen LogP contribution >= 0.6 is 11.3 Å². The summed E-state index contributed by atoms with van der Waals surface area (Å²) < 4.78 is 29.9. The zero-order chi connectivity index (χ0) is 15.6. The molecule has 6 nitrogen and oxygen atoms in total. The molecule has 0 bridgehead atoms. The summed E-state index contributed by atoms with van der Waals surface area (Å²) >= 11 is 1.10. The second-order valence-electron chi connectivity index (χ2n) is 5.02. The van der Waals surface area contributed by atoms with E-state index in [1.165, 1.54) is 0 Å². The minimum absolute atomic E-state index is 0.0452. The normalized spacial score (nSPS) is 22.1. The van der Waals surface area contributed by atoms with Crippen LogP contribution in [0.4, 0.5) is 10.7 Å². The molecule has 0 aromatic carbocycles. The number of hydrogen-bond acceptors (Lipinski definition) is 7. The van der Waals surface area contributed by atoms with E-state index in [-0.39, 0.29) is 27.3 Å². The van der Waals surface area contributed by atoms with E-state index in [1.54, 1.807) is 6.92 Å². The number of nitriles is 1. The third kappa shape index (κ3) is 3.15. The van der Waals surface area contributed by atoms with Crippen LogP contribution in [0, 0.1) is 17.2 Å².